The molecule has 31 heavy (non-hydrogen) atoms. The van der Waals surface area contributed by atoms with E-state index in [1.165, 1.54) is 6.07 Å². The second-order valence-corrected chi connectivity index (χ2v) is 9.24. The van der Waals surface area contributed by atoms with Crippen LogP contribution in [0.5, 0.6) is 5.75 Å². The number of thioether (sulfide) groups is 1. The van der Waals surface area contributed by atoms with Crippen molar-refractivity contribution in [1.29, 1.82) is 0 Å². The SMILES string of the molecule is Oc1ccccc1C=Nc1ccc2nc(SCc3ccc(F)c4ccccc34)sc2c1. The number of nitrogens with zero attached hydrogens (tertiary/aromatic N) is 2. The van der Waals surface area contributed by atoms with Crippen LogP contribution in [0.1, 0.15) is 11.1 Å². The molecule has 4 aromatic carbocycles. The van der Waals surface area contributed by atoms with Crippen molar-refractivity contribution in [2.45, 2.75) is 10.1 Å². The van der Waals surface area contributed by atoms with E-state index >= 15 is 0 Å². The molecule has 1 heterocycles. The normalized spacial score (nSPS) is 11.6. The molecule has 5 rings (SSSR count). The Bertz CT molecular complexity index is 1430. The van der Waals surface area contributed by atoms with Crippen LogP contribution in [-0.2, 0) is 5.75 Å². The van der Waals surface area contributed by atoms with Gasteiger partial charge < -0.3 is 5.11 Å². The molecule has 0 fully saturated rings. The van der Waals surface area contributed by atoms with Crippen LogP contribution < -0.4 is 0 Å². The molecule has 0 radical (unpaired) electrons. The van der Waals surface area contributed by atoms with Crippen molar-refractivity contribution in [2.24, 2.45) is 4.99 Å². The van der Waals surface area contributed by atoms with Crippen LogP contribution in [0.15, 0.2) is 88.2 Å². The van der Waals surface area contributed by atoms with Crippen LogP contribution in [0.3, 0.4) is 0 Å². The Labute approximate surface area is 186 Å². The smallest absolute Gasteiger partial charge is 0.151 e. The second-order valence-electron chi connectivity index (χ2n) is 6.99. The van der Waals surface area contributed by atoms with Crippen molar-refractivity contribution in [2.75, 3.05) is 0 Å². The fourth-order valence-corrected chi connectivity index (χ4v) is 5.47. The molecule has 0 aliphatic rings. The minimum atomic E-state index is -0.193. The number of rotatable bonds is 5. The van der Waals surface area contributed by atoms with E-state index in [2.05, 4.69) is 4.99 Å². The van der Waals surface area contributed by atoms with Crippen molar-refractivity contribution < 1.29 is 9.50 Å². The molecule has 152 valence electrons. The molecule has 0 bridgehead atoms. The van der Waals surface area contributed by atoms with Crippen LogP contribution in [0.4, 0.5) is 10.1 Å². The predicted molar refractivity (Wildman–Crippen MR) is 128 cm³/mol. The summed E-state index contributed by atoms with van der Waals surface area (Å²) >= 11 is 3.27. The highest BCUT2D eigenvalue weighted by atomic mass is 32.2. The van der Waals surface area contributed by atoms with E-state index in [4.69, 9.17) is 4.98 Å². The largest absolute Gasteiger partial charge is 0.507 e. The number of aromatic hydroxyl groups is 1. The molecule has 0 unspecified atom stereocenters. The number of hydrogen-bond acceptors (Lipinski definition) is 5. The maximum atomic E-state index is 14.1. The van der Waals surface area contributed by atoms with Gasteiger partial charge in [0.1, 0.15) is 11.6 Å². The lowest BCUT2D eigenvalue weighted by Gasteiger charge is -2.06. The average molecular weight is 445 g/mol. The Kier molecular flexibility index (Phi) is 5.40. The fraction of sp³-hybridized carbons (Fsp3) is 0.0400. The lowest BCUT2D eigenvalue weighted by Crippen LogP contribution is -1.87. The van der Waals surface area contributed by atoms with Crippen LogP contribution in [0.25, 0.3) is 21.0 Å². The van der Waals surface area contributed by atoms with Gasteiger partial charge in [-0.05, 0) is 47.3 Å². The van der Waals surface area contributed by atoms with Crippen LogP contribution in [0.2, 0.25) is 0 Å². The summed E-state index contributed by atoms with van der Waals surface area (Å²) in [6.07, 6.45) is 1.66. The molecule has 1 aromatic heterocycles. The van der Waals surface area contributed by atoms with Crippen molar-refractivity contribution in [3.8, 4) is 5.75 Å². The predicted octanol–water partition coefficient (Wildman–Crippen LogP) is 7.34. The molecule has 5 aromatic rings. The van der Waals surface area contributed by atoms with Crippen LogP contribution >= 0.6 is 23.1 Å². The molecule has 0 saturated carbocycles. The highest BCUT2D eigenvalue weighted by Crippen LogP contribution is 2.35. The zero-order chi connectivity index (χ0) is 21.2. The monoisotopic (exact) mass is 444 g/mol. The molecule has 1 N–H and O–H groups in total. The number of para-hydroxylation sites is 1. The lowest BCUT2D eigenvalue weighted by atomic mass is 10.1. The first-order valence-electron chi connectivity index (χ1n) is 9.69. The lowest BCUT2D eigenvalue weighted by molar-refractivity contribution is 0.474. The van der Waals surface area contributed by atoms with Crippen molar-refractivity contribution >= 4 is 56.0 Å². The summed E-state index contributed by atoms with van der Waals surface area (Å²) in [4.78, 5) is 9.20. The Balaban J connectivity index is 1.36. The minimum absolute atomic E-state index is 0.193. The number of phenolic OH excluding ortho intramolecular Hbond substituents is 1. The van der Waals surface area contributed by atoms with Gasteiger partial charge in [0, 0.05) is 22.9 Å². The summed E-state index contributed by atoms with van der Waals surface area (Å²) in [6.45, 7) is 0. The Morgan fingerprint density at radius 3 is 2.65 bits per heavy atom. The molecular formula is C25H17FN2OS2. The Morgan fingerprint density at radius 1 is 0.968 bits per heavy atom. The summed E-state index contributed by atoms with van der Waals surface area (Å²) in [5, 5.41) is 11.5. The molecule has 0 aliphatic carbocycles. The highest BCUT2D eigenvalue weighted by Gasteiger charge is 2.09. The summed E-state index contributed by atoms with van der Waals surface area (Å²) in [5.74, 6) is 0.734. The van der Waals surface area contributed by atoms with Gasteiger partial charge in [-0.1, -0.05) is 54.2 Å². The zero-order valence-electron chi connectivity index (χ0n) is 16.3. The number of benzene rings is 4. The standard InChI is InChI=1S/C25H17FN2OS2/c26-21-11-9-17(19-6-2-3-7-20(19)21)15-30-25-28-22-12-10-18(13-24(22)31-25)27-14-16-5-1-4-8-23(16)29/h1-14,29H,15H2. The molecular weight excluding hydrogens is 427 g/mol. The first-order chi connectivity index (χ1) is 15.2. The summed E-state index contributed by atoms with van der Waals surface area (Å²) < 4.78 is 16.1. The minimum Gasteiger partial charge on any atom is -0.507 e. The van der Waals surface area contributed by atoms with Gasteiger partial charge in [-0.15, -0.1) is 11.3 Å². The summed E-state index contributed by atoms with van der Waals surface area (Å²) in [7, 11) is 0. The van der Waals surface area contributed by atoms with E-state index in [1.54, 1.807) is 41.4 Å². The molecule has 0 aliphatic heterocycles. The van der Waals surface area contributed by atoms with E-state index in [0.717, 1.165) is 36.9 Å². The third-order valence-electron chi connectivity index (χ3n) is 4.95. The number of thiazole rings is 1. The molecule has 6 heteroatoms. The average Bonchev–Trinajstić information content (AvgIpc) is 3.20. The van der Waals surface area contributed by atoms with E-state index in [0.29, 0.717) is 10.9 Å². The number of aliphatic imine (C=N–C) groups is 1. The Morgan fingerprint density at radius 2 is 1.77 bits per heavy atom. The maximum absolute atomic E-state index is 14.1. The fourth-order valence-electron chi connectivity index (χ4n) is 3.37. The molecule has 0 atom stereocenters. The van der Waals surface area contributed by atoms with Gasteiger partial charge >= 0.3 is 0 Å². The highest BCUT2D eigenvalue weighted by molar-refractivity contribution is 8.00. The van der Waals surface area contributed by atoms with Crippen molar-refractivity contribution in [1.82, 2.24) is 4.98 Å². The molecule has 0 spiro atoms. The van der Waals surface area contributed by atoms with E-state index in [-0.39, 0.29) is 11.6 Å². The molecule has 0 saturated heterocycles. The quantitative estimate of drug-likeness (QED) is 0.228. The second kappa shape index (κ2) is 8.49. The van der Waals surface area contributed by atoms with Gasteiger partial charge in [0.25, 0.3) is 0 Å². The van der Waals surface area contributed by atoms with Crippen molar-refractivity contribution in [3.05, 3.63) is 95.8 Å². The summed E-state index contributed by atoms with van der Waals surface area (Å²) in [6, 6.07) is 23.9. The van der Waals surface area contributed by atoms with Gasteiger partial charge in [0.15, 0.2) is 4.34 Å². The first kappa shape index (κ1) is 19.7. The topological polar surface area (TPSA) is 45.5 Å². The van der Waals surface area contributed by atoms with Gasteiger partial charge in [0.05, 0.1) is 15.9 Å². The number of hydrogen-bond donors (Lipinski definition) is 1. The third kappa shape index (κ3) is 4.17. The van der Waals surface area contributed by atoms with Gasteiger partial charge in [-0.3, -0.25) is 4.99 Å². The summed E-state index contributed by atoms with van der Waals surface area (Å²) in [5.41, 5.74) is 3.50. The van der Waals surface area contributed by atoms with E-state index in [9.17, 15) is 9.50 Å². The number of halogens is 1. The number of aromatic nitrogens is 1. The molecule has 0 amide bonds. The third-order valence-corrected chi connectivity index (χ3v) is 7.16. The van der Waals surface area contributed by atoms with Gasteiger partial charge in [-0.25, -0.2) is 9.37 Å². The van der Waals surface area contributed by atoms with E-state index < -0.39 is 0 Å². The van der Waals surface area contributed by atoms with Gasteiger partial charge in [0.2, 0.25) is 0 Å². The zero-order valence-corrected chi connectivity index (χ0v) is 18.0. The maximum Gasteiger partial charge on any atom is 0.151 e. The number of phenols is 1. The Hall–Kier alpha value is -3.22. The van der Waals surface area contributed by atoms with Crippen LogP contribution in [0, 0.1) is 5.82 Å². The van der Waals surface area contributed by atoms with Gasteiger partial charge in [-0.2, -0.15) is 0 Å². The molecule has 3 nitrogen and oxygen atoms in total. The van der Waals surface area contributed by atoms with Crippen LogP contribution in [-0.4, -0.2) is 16.3 Å². The first-order valence-corrected chi connectivity index (χ1v) is 11.5. The van der Waals surface area contributed by atoms with Crippen molar-refractivity contribution in [3.63, 3.8) is 0 Å². The van der Waals surface area contributed by atoms with E-state index in [1.807, 2.05) is 60.7 Å². The number of fused-ring (bicyclic) bond motifs is 2.